The number of nitro benzene ring substituents is 1. The predicted molar refractivity (Wildman–Crippen MR) is 118 cm³/mol. The van der Waals surface area contributed by atoms with Crippen molar-refractivity contribution >= 4 is 52.2 Å². The van der Waals surface area contributed by atoms with Gasteiger partial charge in [0.25, 0.3) is 5.69 Å². The monoisotopic (exact) mass is 433 g/mol. The third kappa shape index (κ3) is 5.49. The number of anilines is 2. The summed E-state index contributed by atoms with van der Waals surface area (Å²) >= 11 is 12.2. The van der Waals surface area contributed by atoms with Crippen LogP contribution in [-0.4, -0.2) is 23.9 Å². The van der Waals surface area contributed by atoms with Crippen LogP contribution in [0, 0.1) is 16.0 Å². The summed E-state index contributed by atoms with van der Waals surface area (Å²) in [6.07, 6.45) is 5.08. The van der Waals surface area contributed by atoms with Gasteiger partial charge in [0.05, 0.1) is 15.6 Å². The van der Waals surface area contributed by atoms with Crippen molar-refractivity contribution in [3.8, 4) is 0 Å². The number of piperidine rings is 1. The average molecular weight is 434 g/mol. The molecule has 1 fully saturated rings. The number of nitro groups is 1. The number of benzene rings is 2. The molecule has 0 atom stereocenters. The maximum atomic E-state index is 12.2. The molecule has 2 aromatic carbocycles. The van der Waals surface area contributed by atoms with E-state index in [1.807, 2.05) is 12.1 Å². The van der Waals surface area contributed by atoms with Crippen LogP contribution in [0.15, 0.2) is 42.5 Å². The fraction of sp³-hybridized carbons (Fsp3) is 0.286. The first-order chi connectivity index (χ1) is 13.8. The molecule has 3 rings (SSSR count). The van der Waals surface area contributed by atoms with Crippen LogP contribution in [0.25, 0.3) is 6.08 Å². The zero-order chi connectivity index (χ0) is 21.0. The number of carbonyl (C=O) groups excluding carboxylic acids is 1. The molecule has 1 heterocycles. The van der Waals surface area contributed by atoms with E-state index in [9.17, 15) is 14.9 Å². The molecule has 8 heteroatoms. The summed E-state index contributed by atoms with van der Waals surface area (Å²) in [7, 11) is 0. The number of carbonyl (C=O) groups is 1. The minimum Gasteiger partial charge on any atom is -0.370 e. The molecule has 1 amide bonds. The van der Waals surface area contributed by atoms with Gasteiger partial charge >= 0.3 is 0 Å². The number of amides is 1. The summed E-state index contributed by atoms with van der Waals surface area (Å²) in [5, 5.41) is 14.3. The second-order valence-electron chi connectivity index (χ2n) is 7.13. The molecule has 1 aliphatic heterocycles. The van der Waals surface area contributed by atoms with Gasteiger partial charge in [-0.05, 0) is 54.7 Å². The van der Waals surface area contributed by atoms with Crippen molar-refractivity contribution < 1.29 is 9.72 Å². The lowest BCUT2D eigenvalue weighted by Gasteiger charge is -2.32. The van der Waals surface area contributed by atoms with Gasteiger partial charge in [0.2, 0.25) is 5.91 Å². The fourth-order valence-corrected chi connectivity index (χ4v) is 3.71. The number of rotatable bonds is 5. The van der Waals surface area contributed by atoms with Crippen LogP contribution in [0.5, 0.6) is 0 Å². The summed E-state index contributed by atoms with van der Waals surface area (Å²) in [5.41, 5.74) is 1.86. The Balaban J connectivity index is 1.65. The van der Waals surface area contributed by atoms with E-state index in [1.165, 1.54) is 24.3 Å². The molecule has 1 saturated heterocycles. The van der Waals surface area contributed by atoms with Crippen LogP contribution < -0.4 is 10.2 Å². The highest BCUT2D eigenvalue weighted by molar-refractivity contribution is 6.33. The second kappa shape index (κ2) is 9.29. The topological polar surface area (TPSA) is 75.5 Å². The van der Waals surface area contributed by atoms with Gasteiger partial charge in [-0.1, -0.05) is 36.2 Å². The highest BCUT2D eigenvalue weighted by Gasteiger charge is 2.18. The van der Waals surface area contributed by atoms with Crippen LogP contribution in [0.4, 0.5) is 17.1 Å². The maximum Gasteiger partial charge on any atom is 0.288 e. The average Bonchev–Trinajstić information content (AvgIpc) is 2.68. The molecule has 6 nitrogen and oxygen atoms in total. The van der Waals surface area contributed by atoms with E-state index in [1.54, 1.807) is 12.1 Å². The maximum absolute atomic E-state index is 12.2. The Hall–Kier alpha value is -2.57. The van der Waals surface area contributed by atoms with E-state index in [0.717, 1.165) is 37.5 Å². The fourth-order valence-electron chi connectivity index (χ4n) is 3.22. The smallest absolute Gasteiger partial charge is 0.288 e. The van der Waals surface area contributed by atoms with Crippen molar-refractivity contribution in [1.82, 2.24) is 0 Å². The lowest BCUT2D eigenvalue weighted by Crippen LogP contribution is -2.32. The van der Waals surface area contributed by atoms with E-state index >= 15 is 0 Å². The molecule has 0 aliphatic carbocycles. The summed E-state index contributed by atoms with van der Waals surface area (Å²) in [4.78, 5) is 24.8. The number of hydrogen-bond acceptors (Lipinski definition) is 4. The molecular weight excluding hydrogens is 413 g/mol. The molecule has 0 bridgehead atoms. The van der Waals surface area contributed by atoms with Gasteiger partial charge in [0.15, 0.2) is 0 Å². The first-order valence-corrected chi connectivity index (χ1v) is 10.1. The normalized spacial score (nSPS) is 14.9. The van der Waals surface area contributed by atoms with E-state index < -0.39 is 4.92 Å². The first-order valence-electron chi connectivity index (χ1n) is 9.31. The van der Waals surface area contributed by atoms with Crippen LogP contribution >= 0.6 is 23.2 Å². The molecule has 1 N–H and O–H groups in total. The van der Waals surface area contributed by atoms with Gasteiger partial charge < -0.3 is 10.2 Å². The highest BCUT2D eigenvalue weighted by Crippen LogP contribution is 2.32. The SMILES string of the molecule is CC1CCN(c2ccc(NC(=O)C=Cc3ccc(Cl)c([N+](=O)[O-])c3)cc2Cl)CC1. The largest absolute Gasteiger partial charge is 0.370 e. The van der Waals surface area contributed by atoms with Crippen LogP contribution in [0.2, 0.25) is 10.0 Å². The standard InChI is InChI=1S/C21H21Cl2N3O3/c1-14-8-10-25(11-9-14)19-6-4-16(13-18(19)23)24-21(27)7-3-15-2-5-17(22)20(12-15)26(28)29/h2-7,12-14H,8-11H2,1H3,(H,24,27). The molecule has 2 aromatic rings. The van der Waals surface area contributed by atoms with Gasteiger partial charge in [-0.25, -0.2) is 0 Å². The zero-order valence-electron chi connectivity index (χ0n) is 15.9. The van der Waals surface area contributed by atoms with E-state index in [-0.39, 0.29) is 16.6 Å². The van der Waals surface area contributed by atoms with E-state index in [2.05, 4.69) is 17.1 Å². The van der Waals surface area contributed by atoms with Crippen molar-refractivity contribution in [2.45, 2.75) is 19.8 Å². The summed E-state index contributed by atoms with van der Waals surface area (Å²) in [6, 6.07) is 9.81. The molecular formula is C21H21Cl2N3O3. The van der Waals surface area contributed by atoms with Gasteiger partial charge in [0, 0.05) is 30.9 Å². The lowest BCUT2D eigenvalue weighted by molar-refractivity contribution is -0.384. The van der Waals surface area contributed by atoms with Gasteiger partial charge in [0.1, 0.15) is 5.02 Å². The Morgan fingerprint density at radius 2 is 1.90 bits per heavy atom. The number of hydrogen-bond donors (Lipinski definition) is 1. The Kier molecular flexibility index (Phi) is 6.77. The van der Waals surface area contributed by atoms with Crippen molar-refractivity contribution in [1.29, 1.82) is 0 Å². The van der Waals surface area contributed by atoms with Crippen molar-refractivity contribution in [3.05, 3.63) is 68.2 Å². The van der Waals surface area contributed by atoms with E-state index in [4.69, 9.17) is 23.2 Å². The number of nitrogens with zero attached hydrogens (tertiary/aromatic N) is 2. The van der Waals surface area contributed by atoms with Crippen molar-refractivity contribution in [2.75, 3.05) is 23.3 Å². The Bertz CT molecular complexity index is 954. The van der Waals surface area contributed by atoms with Gasteiger partial charge in [-0.3, -0.25) is 14.9 Å². The van der Waals surface area contributed by atoms with E-state index in [0.29, 0.717) is 16.3 Å². The van der Waals surface area contributed by atoms with Crippen LogP contribution in [-0.2, 0) is 4.79 Å². The van der Waals surface area contributed by atoms with Gasteiger partial charge in [-0.2, -0.15) is 0 Å². The van der Waals surface area contributed by atoms with Crippen LogP contribution in [0.1, 0.15) is 25.3 Å². The Labute approximate surface area is 179 Å². The van der Waals surface area contributed by atoms with Gasteiger partial charge in [-0.15, -0.1) is 0 Å². The Morgan fingerprint density at radius 3 is 2.55 bits per heavy atom. The van der Waals surface area contributed by atoms with Crippen LogP contribution in [0.3, 0.4) is 0 Å². The molecule has 0 radical (unpaired) electrons. The summed E-state index contributed by atoms with van der Waals surface area (Å²) in [6.45, 7) is 4.21. The molecule has 0 spiro atoms. The summed E-state index contributed by atoms with van der Waals surface area (Å²) in [5.74, 6) is 0.371. The Morgan fingerprint density at radius 1 is 1.17 bits per heavy atom. The number of nitrogens with one attached hydrogen (secondary N) is 1. The highest BCUT2D eigenvalue weighted by atomic mass is 35.5. The third-order valence-corrected chi connectivity index (χ3v) is 5.56. The molecule has 0 aromatic heterocycles. The van der Waals surface area contributed by atoms with Crippen molar-refractivity contribution in [2.24, 2.45) is 5.92 Å². The molecule has 0 saturated carbocycles. The lowest BCUT2D eigenvalue weighted by atomic mass is 9.99. The number of halogens is 2. The quantitative estimate of drug-likeness (QED) is 0.367. The molecule has 29 heavy (non-hydrogen) atoms. The summed E-state index contributed by atoms with van der Waals surface area (Å²) < 4.78 is 0. The third-order valence-electron chi connectivity index (χ3n) is 4.93. The predicted octanol–water partition coefficient (Wildman–Crippen LogP) is 5.79. The first kappa shape index (κ1) is 21.1. The second-order valence-corrected chi connectivity index (χ2v) is 7.94. The van der Waals surface area contributed by atoms with Crippen molar-refractivity contribution in [3.63, 3.8) is 0 Å². The zero-order valence-corrected chi connectivity index (χ0v) is 17.4. The minimum atomic E-state index is -0.563. The molecule has 1 aliphatic rings. The molecule has 0 unspecified atom stereocenters. The minimum absolute atomic E-state index is 0.0505. The molecule has 152 valence electrons.